The number of aromatic nitrogens is 1. The van der Waals surface area contributed by atoms with Gasteiger partial charge < -0.3 is 16.0 Å². The lowest BCUT2D eigenvalue weighted by atomic mass is 10.1. The van der Waals surface area contributed by atoms with Gasteiger partial charge in [0.15, 0.2) is 0 Å². The van der Waals surface area contributed by atoms with Crippen molar-refractivity contribution in [1.82, 2.24) is 10.3 Å². The molecule has 0 bridgehead atoms. The molecule has 2 aromatic carbocycles. The van der Waals surface area contributed by atoms with E-state index in [9.17, 15) is 0 Å². The van der Waals surface area contributed by atoms with Crippen LogP contribution in [0.1, 0.15) is 24.1 Å². The minimum Gasteiger partial charge on any atom is -0.398 e. The molecule has 0 amide bonds. The normalized spacial score (nSPS) is 12.6. The van der Waals surface area contributed by atoms with Gasteiger partial charge in [0.05, 0.1) is 0 Å². The minimum atomic E-state index is 0.261. The standard InChI is InChI=1S/C18H21N3/c1-13(15-6-2-4-8-17(15)19)20-11-10-14-12-21-18-9-5-3-7-16(14)18/h2-9,12-13,20-21H,10-11,19H2,1H3. The van der Waals surface area contributed by atoms with Gasteiger partial charge in [-0.2, -0.15) is 0 Å². The van der Waals surface area contributed by atoms with E-state index < -0.39 is 0 Å². The molecule has 3 aromatic rings. The summed E-state index contributed by atoms with van der Waals surface area (Å²) in [4.78, 5) is 3.32. The summed E-state index contributed by atoms with van der Waals surface area (Å²) >= 11 is 0. The van der Waals surface area contributed by atoms with Crippen molar-refractivity contribution < 1.29 is 0 Å². The van der Waals surface area contributed by atoms with Crippen LogP contribution in [0.2, 0.25) is 0 Å². The Kier molecular flexibility index (Phi) is 3.93. The fraction of sp³-hybridized carbons (Fsp3) is 0.222. The molecule has 0 aliphatic heterocycles. The second-order valence-electron chi connectivity index (χ2n) is 5.41. The number of aromatic amines is 1. The number of anilines is 1. The number of para-hydroxylation sites is 2. The van der Waals surface area contributed by atoms with E-state index in [1.54, 1.807) is 0 Å². The largest absolute Gasteiger partial charge is 0.398 e. The van der Waals surface area contributed by atoms with Gasteiger partial charge in [-0.05, 0) is 43.1 Å². The Morgan fingerprint density at radius 3 is 2.71 bits per heavy atom. The molecule has 3 rings (SSSR count). The molecule has 1 heterocycles. The quantitative estimate of drug-likeness (QED) is 0.624. The lowest BCUT2D eigenvalue weighted by molar-refractivity contribution is 0.579. The van der Waals surface area contributed by atoms with E-state index in [0.717, 1.165) is 24.2 Å². The lowest BCUT2D eigenvalue weighted by Crippen LogP contribution is -2.22. The maximum atomic E-state index is 6.02. The monoisotopic (exact) mass is 279 g/mol. The fourth-order valence-corrected chi connectivity index (χ4v) is 2.78. The average molecular weight is 279 g/mol. The summed E-state index contributed by atoms with van der Waals surface area (Å²) in [5.41, 5.74) is 10.6. The third-order valence-electron chi connectivity index (χ3n) is 3.98. The molecule has 0 fully saturated rings. The summed E-state index contributed by atoms with van der Waals surface area (Å²) in [6.45, 7) is 3.08. The Balaban J connectivity index is 1.62. The van der Waals surface area contributed by atoms with E-state index in [1.165, 1.54) is 16.5 Å². The van der Waals surface area contributed by atoms with Crippen LogP contribution in [0.4, 0.5) is 5.69 Å². The molecule has 0 spiro atoms. The van der Waals surface area contributed by atoms with Crippen molar-refractivity contribution >= 4 is 16.6 Å². The number of hydrogen-bond donors (Lipinski definition) is 3. The SMILES string of the molecule is CC(NCCc1c[nH]c2ccccc12)c1ccccc1N. The molecule has 1 unspecified atom stereocenters. The Hall–Kier alpha value is -2.26. The zero-order valence-corrected chi connectivity index (χ0v) is 12.3. The topological polar surface area (TPSA) is 53.8 Å². The molecule has 0 saturated carbocycles. The predicted octanol–water partition coefficient (Wildman–Crippen LogP) is 3.64. The van der Waals surface area contributed by atoms with E-state index in [2.05, 4.69) is 53.8 Å². The summed E-state index contributed by atoms with van der Waals surface area (Å²) in [6, 6.07) is 16.7. The van der Waals surface area contributed by atoms with Crippen LogP contribution in [0.15, 0.2) is 54.7 Å². The number of nitrogens with one attached hydrogen (secondary N) is 2. The van der Waals surface area contributed by atoms with Gasteiger partial charge in [-0.15, -0.1) is 0 Å². The Morgan fingerprint density at radius 2 is 1.86 bits per heavy atom. The van der Waals surface area contributed by atoms with Crippen molar-refractivity contribution in [2.75, 3.05) is 12.3 Å². The van der Waals surface area contributed by atoms with Crippen molar-refractivity contribution in [3.05, 3.63) is 65.9 Å². The molecule has 21 heavy (non-hydrogen) atoms. The minimum absolute atomic E-state index is 0.261. The van der Waals surface area contributed by atoms with Crippen LogP contribution in [0, 0.1) is 0 Å². The van der Waals surface area contributed by atoms with Crippen LogP contribution in [-0.2, 0) is 6.42 Å². The number of hydrogen-bond acceptors (Lipinski definition) is 2. The maximum Gasteiger partial charge on any atom is 0.0456 e. The number of benzene rings is 2. The molecule has 0 saturated heterocycles. The van der Waals surface area contributed by atoms with Crippen LogP contribution in [0.5, 0.6) is 0 Å². The molecular weight excluding hydrogens is 258 g/mol. The smallest absolute Gasteiger partial charge is 0.0456 e. The van der Waals surface area contributed by atoms with Crippen LogP contribution in [-0.4, -0.2) is 11.5 Å². The van der Waals surface area contributed by atoms with Gasteiger partial charge in [0.1, 0.15) is 0 Å². The average Bonchev–Trinajstić information content (AvgIpc) is 2.91. The van der Waals surface area contributed by atoms with Crippen molar-refractivity contribution in [2.45, 2.75) is 19.4 Å². The van der Waals surface area contributed by atoms with Crippen molar-refractivity contribution in [1.29, 1.82) is 0 Å². The molecule has 0 aliphatic carbocycles. The predicted molar refractivity (Wildman–Crippen MR) is 89.3 cm³/mol. The van der Waals surface area contributed by atoms with E-state index in [0.29, 0.717) is 0 Å². The highest BCUT2D eigenvalue weighted by Crippen LogP contribution is 2.20. The van der Waals surface area contributed by atoms with Crippen LogP contribution >= 0.6 is 0 Å². The van der Waals surface area contributed by atoms with Crippen molar-refractivity contribution in [2.24, 2.45) is 0 Å². The third kappa shape index (κ3) is 2.93. The van der Waals surface area contributed by atoms with E-state index in [4.69, 9.17) is 5.73 Å². The lowest BCUT2D eigenvalue weighted by Gasteiger charge is -2.16. The zero-order chi connectivity index (χ0) is 14.7. The first-order valence-corrected chi connectivity index (χ1v) is 7.38. The van der Waals surface area contributed by atoms with E-state index in [1.807, 2.05) is 18.2 Å². The number of nitrogen functional groups attached to an aromatic ring is 1. The molecule has 0 aliphatic rings. The molecule has 0 radical (unpaired) electrons. The van der Waals surface area contributed by atoms with Crippen LogP contribution in [0.3, 0.4) is 0 Å². The first-order chi connectivity index (χ1) is 10.3. The molecular formula is C18H21N3. The summed E-state index contributed by atoms with van der Waals surface area (Å²) in [7, 11) is 0. The summed E-state index contributed by atoms with van der Waals surface area (Å²) in [6.07, 6.45) is 3.11. The van der Waals surface area contributed by atoms with Crippen molar-refractivity contribution in [3.63, 3.8) is 0 Å². The van der Waals surface area contributed by atoms with Gasteiger partial charge >= 0.3 is 0 Å². The van der Waals surface area contributed by atoms with E-state index in [-0.39, 0.29) is 6.04 Å². The molecule has 1 atom stereocenters. The highest BCUT2D eigenvalue weighted by molar-refractivity contribution is 5.83. The Morgan fingerprint density at radius 1 is 1.10 bits per heavy atom. The number of rotatable bonds is 5. The Bertz CT molecular complexity index is 730. The molecule has 108 valence electrons. The van der Waals surface area contributed by atoms with Gasteiger partial charge in [0.2, 0.25) is 0 Å². The van der Waals surface area contributed by atoms with Crippen LogP contribution < -0.4 is 11.1 Å². The Labute approximate surface area is 125 Å². The molecule has 3 heteroatoms. The summed E-state index contributed by atoms with van der Waals surface area (Å²) in [5, 5.41) is 4.86. The molecule has 1 aromatic heterocycles. The van der Waals surface area contributed by atoms with Gasteiger partial charge in [-0.25, -0.2) is 0 Å². The zero-order valence-electron chi connectivity index (χ0n) is 12.3. The van der Waals surface area contributed by atoms with Crippen LogP contribution in [0.25, 0.3) is 10.9 Å². The molecule has 4 N–H and O–H groups in total. The fourth-order valence-electron chi connectivity index (χ4n) is 2.78. The summed E-state index contributed by atoms with van der Waals surface area (Å²) < 4.78 is 0. The second kappa shape index (κ2) is 6.02. The maximum absolute atomic E-state index is 6.02. The first kappa shape index (κ1) is 13.7. The third-order valence-corrected chi connectivity index (χ3v) is 3.98. The number of nitrogens with two attached hydrogens (primary N) is 1. The van der Waals surface area contributed by atoms with Gasteiger partial charge in [0, 0.05) is 28.8 Å². The summed E-state index contributed by atoms with van der Waals surface area (Å²) in [5.74, 6) is 0. The van der Waals surface area contributed by atoms with E-state index >= 15 is 0 Å². The highest BCUT2D eigenvalue weighted by Gasteiger charge is 2.08. The first-order valence-electron chi connectivity index (χ1n) is 7.38. The van der Waals surface area contributed by atoms with Gasteiger partial charge in [-0.3, -0.25) is 0 Å². The number of H-pyrrole nitrogens is 1. The number of fused-ring (bicyclic) bond motifs is 1. The van der Waals surface area contributed by atoms with Gasteiger partial charge in [-0.1, -0.05) is 36.4 Å². The van der Waals surface area contributed by atoms with Crippen molar-refractivity contribution in [3.8, 4) is 0 Å². The van der Waals surface area contributed by atoms with Gasteiger partial charge in [0.25, 0.3) is 0 Å². The highest BCUT2D eigenvalue weighted by atomic mass is 14.9. The second-order valence-corrected chi connectivity index (χ2v) is 5.41. The molecule has 3 nitrogen and oxygen atoms in total.